The second-order valence-electron chi connectivity index (χ2n) is 7.52. The SMILES string of the molecule is CCCCCCCCCCc1ccc(-c2cnc([C@@](C)(Cl)C(=O)O)cn2)cc1. The average Bonchev–Trinajstić information content (AvgIpc) is 2.70. The van der Waals surface area contributed by atoms with Gasteiger partial charge in [0.25, 0.3) is 0 Å². The van der Waals surface area contributed by atoms with Gasteiger partial charge in [-0.1, -0.05) is 87.7 Å². The maximum atomic E-state index is 11.2. The van der Waals surface area contributed by atoms with Crippen molar-refractivity contribution in [3.05, 3.63) is 47.9 Å². The number of rotatable bonds is 12. The van der Waals surface area contributed by atoms with Crippen LogP contribution in [0, 0.1) is 0 Å². The molecule has 4 nitrogen and oxygen atoms in total. The molecule has 0 saturated carbocycles. The first-order valence-electron chi connectivity index (χ1n) is 10.3. The van der Waals surface area contributed by atoms with Crippen LogP contribution in [-0.2, 0) is 16.1 Å². The van der Waals surface area contributed by atoms with Gasteiger partial charge in [0, 0.05) is 5.56 Å². The van der Waals surface area contributed by atoms with Crippen LogP contribution in [0.3, 0.4) is 0 Å². The second kappa shape index (κ2) is 11.2. The van der Waals surface area contributed by atoms with Gasteiger partial charge in [-0.05, 0) is 25.3 Å². The largest absolute Gasteiger partial charge is 0.480 e. The van der Waals surface area contributed by atoms with Crippen LogP contribution in [0.15, 0.2) is 36.7 Å². The van der Waals surface area contributed by atoms with Crippen LogP contribution in [0.5, 0.6) is 0 Å². The molecule has 0 spiro atoms. The molecule has 0 aliphatic heterocycles. The number of hydrogen-bond donors (Lipinski definition) is 1. The van der Waals surface area contributed by atoms with Crippen molar-refractivity contribution >= 4 is 17.6 Å². The Morgan fingerprint density at radius 2 is 1.57 bits per heavy atom. The van der Waals surface area contributed by atoms with Crippen molar-refractivity contribution in [2.24, 2.45) is 0 Å². The molecule has 2 aromatic rings. The topological polar surface area (TPSA) is 63.1 Å². The van der Waals surface area contributed by atoms with Crippen molar-refractivity contribution in [1.29, 1.82) is 0 Å². The third kappa shape index (κ3) is 6.59. The Kier molecular flexibility index (Phi) is 8.91. The zero-order valence-corrected chi connectivity index (χ0v) is 17.7. The molecule has 1 aromatic heterocycles. The first-order valence-corrected chi connectivity index (χ1v) is 10.7. The number of halogens is 1. The second-order valence-corrected chi connectivity index (χ2v) is 8.27. The minimum atomic E-state index is -1.56. The van der Waals surface area contributed by atoms with E-state index >= 15 is 0 Å². The van der Waals surface area contributed by atoms with Gasteiger partial charge in [0.05, 0.1) is 23.8 Å². The van der Waals surface area contributed by atoms with Crippen LogP contribution in [0.25, 0.3) is 11.3 Å². The van der Waals surface area contributed by atoms with Crippen LogP contribution < -0.4 is 0 Å². The molecule has 1 heterocycles. The summed E-state index contributed by atoms with van der Waals surface area (Å²) in [5.41, 5.74) is 3.24. The standard InChI is InChI=1S/C23H31ClN2O2/c1-3-4-5-6-7-8-9-10-11-18-12-14-19(15-13-18)20-16-26-21(17-25-20)23(2,24)22(27)28/h12-17H,3-11H2,1-2H3,(H,27,28)/t23-/m1/s1. The highest BCUT2D eigenvalue weighted by Crippen LogP contribution is 2.27. The maximum Gasteiger partial charge on any atom is 0.330 e. The van der Waals surface area contributed by atoms with Crippen molar-refractivity contribution in [3.8, 4) is 11.3 Å². The number of aryl methyl sites for hydroxylation is 1. The normalized spacial score (nSPS) is 13.2. The quantitative estimate of drug-likeness (QED) is 0.331. The van der Waals surface area contributed by atoms with E-state index in [1.165, 1.54) is 70.1 Å². The summed E-state index contributed by atoms with van der Waals surface area (Å²) in [6.45, 7) is 3.66. The zero-order chi connectivity index (χ0) is 20.4. The number of alkyl halides is 1. The lowest BCUT2D eigenvalue weighted by Gasteiger charge is -2.15. The Balaban J connectivity index is 1.81. The number of nitrogens with zero attached hydrogens (tertiary/aromatic N) is 2. The van der Waals surface area contributed by atoms with Crippen molar-refractivity contribution in [3.63, 3.8) is 0 Å². The fraction of sp³-hybridized carbons (Fsp3) is 0.522. The molecule has 0 radical (unpaired) electrons. The van der Waals surface area contributed by atoms with E-state index in [0.717, 1.165) is 12.0 Å². The Morgan fingerprint density at radius 3 is 2.11 bits per heavy atom. The summed E-state index contributed by atoms with van der Waals surface area (Å²) < 4.78 is 0. The molecule has 0 aliphatic rings. The summed E-state index contributed by atoms with van der Waals surface area (Å²) >= 11 is 6.02. The van der Waals surface area contributed by atoms with E-state index in [1.807, 2.05) is 12.1 Å². The smallest absolute Gasteiger partial charge is 0.330 e. The molecule has 5 heteroatoms. The van der Waals surface area contributed by atoms with Gasteiger partial charge in [0.2, 0.25) is 0 Å². The fourth-order valence-electron chi connectivity index (χ4n) is 3.13. The lowest BCUT2D eigenvalue weighted by Crippen LogP contribution is -2.27. The molecule has 0 amide bonds. The molecule has 1 N–H and O–H groups in total. The number of unbranched alkanes of at least 4 members (excludes halogenated alkanes) is 7. The van der Waals surface area contributed by atoms with Gasteiger partial charge in [-0.3, -0.25) is 9.97 Å². The van der Waals surface area contributed by atoms with Crippen molar-refractivity contribution in [1.82, 2.24) is 9.97 Å². The van der Waals surface area contributed by atoms with Gasteiger partial charge in [-0.2, -0.15) is 0 Å². The Bertz CT molecular complexity index is 727. The molecule has 0 unspecified atom stereocenters. The highest BCUT2D eigenvalue weighted by atomic mass is 35.5. The third-order valence-corrected chi connectivity index (χ3v) is 5.46. The number of hydrogen-bond acceptors (Lipinski definition) is 3. The van der Waals surface area contributed by atoms with Crippen LogP contribution in [-0.4, -0.2) is 21.0 Å². The summed E-state index contributed by atoms with van der Waals surface area (Å²) in [5.74, 6) is -1.14. The Hall–Kier alpha value is -1.94. The van der Waals surface area contributed by atoms with Crippen LogP contribution >= 0.6 is 11.6 Å². The summed E-state index contributed by atoms with van der Waals surface area (Å²) in [6, 6.07) is 8.35. The van der Waals surface area contributed by atoms with Gasteiger partial charge >= 0.3 is 5.97 Å². The molecule has 0 aliphatic carbocycles. The molecule has 0 saturated heterocycles. The number of aliphatic carboxylic acids is 1. The predicted octanol–water partition coefficient (Wildman–Crippen LogP) is 6.37. The van der Waals surface area contributed by atoms with E-state index in [9.17, 15) is 4.79 Å². The van der Waals surface area contributed by atoms with Gasteiger partial charge in [0.15, 0.2) is 4.87 Å². The minimum absolute atomic E-state index is 0.233. The van der Waals surface area contributed by atoms with E-state index < -0.39 is 10.8 Å². The maximum absolute atomic E-state index is 11.2. The molecule has 0 fully saturated rings. The van der Waals surface area contributed by atoms with Crippen molar-refractivity contribution in [2.75, 3.05) is 0 Å². The van der Waals surface area contributed by atoms with Crippen molar-refractivity contribution in [2.45, 2.75) is 76.5 Å². The molecule has 1 aromatic carbocycles. The van der Waals surface area contributed by atoms with Gasteiger partial charge in [-0.15, -0.1) is 0 Å². The molecular weight excluding hydrogens is 372 g/mol. The van der Waals surface area contributed by atoms with Crippen LogP contribution in [0.2, 0.25) is 0 Å². The van der Waals surface area contributed by atoms with E-state index in [2.05, 4.69) is 29.0 Å². The Morgan fingerprint density at radius 1 is 0.964 bits per heavy atom. The first kappa shape index (κ1) is 22.4. The summed E-state index contributed by atoms with van der Waals surface area (Å²) in [6.07, 6.45) is 14.7. The summed E-state index contributed by atoms with van der Waals surface area (Å²) in [5, 5.41) is 9.16. The van der Waals surface area contributed by atoms with Gasteiger partial charge < -0.3 is 5.11 Å². The van der Waals surface area contributed by atoms with E-state index in [4.69, 9.17) is 16.7 Å². The first-order chi connectivity index (χ1) is 13.4. The number of carboxylic acids is 1. The lowest BCUT2D eigenvalue weighted by molar-refractivity contribution is -0.140. The number of aromatic nitrogens is 2. The number of carbonyl (C=O) groups is 1. The molecule has 2 rings (SSSR count). The third-order valence-electron chi connectivity index (χ3n) is 5.10. The molecule has 152 valence electrons. The van der Waals surface area contributed by atoms with Crippen LogP contribution in [0.1, 0.15) is 76.5 Å². The Labute approximate surface area is 173 Å². The van der Waals surface area contributed by atoms with E-state index in [1.54, 1.807) is 6.20 Å². The highest BCUT2D eigenvalue weighted by Gasteiger charge is 2.34. The van der Waals surface area contributed by atoms with Gasteiger partial charge in [-0.25, -0.2) is 4.79 Å². The summed E-state index contributed by atoms with van der Waals surface area (Å²) in [4.78, 5) is 18.2. The van der Waals surface area contributed by atoms with E-state index in [-0.39, 0.29) is 5.69 Å². The van der Waals surface area contributed by atoms with Gasteiger partial charge in [0.1, 0.15) is 0 Å². The number of benzene rings is 1. The molecule has 0 bridgehead atoms. The summed E-state index contributed by atoms with van der Waals surface area (Å²) in [7, 11) is 0. The molecular formula is C23H31ClN2O2. The lowest BCUT2D eigenvalue weighted by atomic mass is 10.0. The zero-order valence-electron chi connectivity index (χ0n) is 17.0. The fourth-order valence-corrected chi connectivity index (χ4v) is 3.23. The average molecular weight is 403 g/mol. The van der Waals surface area contributed by atoms with E-state index in [0.29, 0.717) is 5.69 Å². The molecule has 1 atom stereocenters. The van der Waals surface area contributed by atoms with Crippen molar-refractivity contribution < 1.29 is 9.90 Å². The van der Waals surface area contributed by atoms with Crippen LogP contribution in [0.4, 0.5) is 0 Å². The highest BCUT2D eigenvalue weighted by molar-refractivity contribution is 6.33. The minimum Gasteiger partial charge on any atom is -0.480 e. The molecule has 28 heavy (non-hydrogen) atoms. The predicted molar refractivity (Wildman–Crippen MR) is 115 cm³/mol. The monoisotopic (exact) mass is 402 g/mol. The number of carboxylic acid groups (broad SMARTS) is 1.